The minimum absolute atomic E-state index is 0.0274. The summed E-state index contributed by atoms with van der Waals surface area (Å²) in [4.78, 5) is 37.5. The summed E-state index contributed by atoms with van der Waals surface area (Å²) in [5.74, 6) is 0.614. The van der Waals surface area contributed by atoms with Gasteiger partial charge in [-0.2, -0.15) is 0 Å². The van der Waals surface area contributed by atoms with E-state index in [0.29, 0.717) is 23.6 Å². The van der Waals surface area contributed by atoms with E-state index in [1.54, 1.807) is 6.07 Å². The van der Waals surface area contributed by atoms with Crippen molar-refractivity contribution >= 4 is 32.5 Å². The Balaban J connectivity index is 1.62. The lowest BCUT2D eigenvalue weighted by atomic mass is 10.0. The highest BCUT2D eigenvalue weighted by atomic mass is 32.1. The molecule has 4 aromatic rings. The number of benzene rings is 1. The van der Waals surface area contributed by atoms with Crippen molar-refractivity contribution in [3.8, 4) is 0 Å². The van der Waals surface area contributed by atoms with Crippen LogP contribution in [-0.4, -0.2) is 26.9 Å². The summed E-state index contributed by atoms with van der Waals surface area (Å²) in [6.07, 6.45) is 0. The maximum absolute atomic E-state index is 12.6. The standard InChI is InChI=1S/C20H20N4O2S/c1-11-4-5-12(2)18-17(11)15(25)8-13(21-18)9-24(3)10-16-22-14-6-7-27-19(14)20(26)23-16/h4-8H,9-10H2,1-3H3,(H,21,25)(H,22,23,26). The average Bonchev–Trinajstić information content (AvgIpc) is 3.07. The third-order valence-corrected chi connectivity index (χ3v) is 5.59. The van der Waals surface area contributed by atoms with Crippen molar-refractivity contribution in [3.05, 3.63) is 72.9 Å². The van der Waals surface area contributed by atoms with E-state index in [-0.39, 0.29) is 11.0 Å². The van der Waals surface area contributed by atoms with Crippen LogP contribution >= 0.6 is 11.3 Å². The smallest absolute Gasteiger partial charge is 0.268 e. The van der Waals surface area contributed by atoms with Crippen molar-refractivity contribution in [2.24, 2.45) is 0 Å². The number of hydrogen-bond acceptors (Lipinski definition) is 5. The van der Waals surface area contributed by atoms with E-state index in [1.807, 2.05) is 49.4 Å². The zero-order chi connectivity index (χ0) is 19.1. The van der Waals surface area contributed by atoms with E-state index in [4.69, 9.17) is 0 Å². The molecule has 4 rings (SSSR count). The summed E-state index contributed by atoms with van der Waals surface area (Å²) >= 11 is 1.39. The Morgan fingerprint density at radius 2 is 1.85 bits per heavy atom. The number of aryl methyl sites for hydroxylation is 2. The third kappa shape index (κ3) is 3.31. The van der Waals surface area contributed by atoms with Crippen LogP contribution in [0.1, 0.15) is 22.6 Å². The molecule has 138 valence electrons. The fraction of sp³-hybridized carbons (Fsp3) is 0.250. The molecule has 2 N–H and O–H groups in total. The lowest BCUT2D eigenvalue weighted by Crippen LogP contribution is -2.23. The molecule has 0 aliphatic carbocycles. The molecular formula is C20H20N4O2S. The summed E-state index contributed by atoms with van der Waals surface area (Å²) in [7, 11) is 1.93. The van der Waals surface area contributed by atoms with Crippen LogP contribution in [0.4, 0.5) is 0 Å². The zero-order valence-electron chi connectivity index (χ0n) is 15.4. The van der Waals surface area contributed by atoms with Gasteiger partial charge < -0.3 is 9.97 Å². The van der Waals surface area contributed by atoms with Crippen LogP contribution in [0.25, 0.3) is 21.1 Å². The van der Waals surface area contributed by atoms with Gasteiger partial charge in [0.25, 0.3) is 5.56 Å². The number of rotatable bonds is 4. The summed E-state index contributed by atoms with van der Waals surface area (Å²) in [5.41, 5.74) is 4.38. The molecule has 3 aromatic heterocycles. The number of nitrogens with one attached hydrogen (secondary N) is 2. The maximum Gasteiger partial charge on any atom is 0.268 e. The summed E-state index contributed by atoms with van der Waals surface area (Å²) < 4.78 is 0.645. The first-order valence-electron chi connectivity index (χ1n) is 8.69. The molecule has 0 bridgehead atoms. The van der Waals surface area contributed by atoms with Crippen LogP contribution in [0.3, 0.4) is 0 Å². The Morgan fingerprint density at radius 3 is 2.67 bits per heavy atom. The van der Waals surface area contributed by atoms with Gasteiger partial charge in [-0.05, 0) is 43.5 Å². The van der Waals surface area contributed by atoms with Crippen molar-refractivity contribution in [1.82, 2.24) is 19.9 Å². The molecular weight excluding hydrogens is 360 g/mol. The Bertz CT molecular complexity index is 1270. The summed E-state index contributed by atoms with van der Waals surface area (Å²) in [6, 6.07) is 7.50. The molecule has 1 aromatic carbocycles. The number of hydrogen-bond donors (Lipinski definition) is 2. The lowest BCUT2D eigenvalue weighted by molar-refractivity contribution is 0.307. The highest BCUT2D eigenvalue weighted by Crippen LogP contribution is 2.18. The van der Waals surface area contributed by atoms with Crippen LogP contribution in [0.2, 0.25) is 0 Å². The van der Waals surface area contributed by atoms with Crippen molar-refractivity contribution in [2.45, 2.75) is 26.9 Å². The Labute approximate surface area is 159 Å². The van der Waals surface area contributed by atoms with Crippen LogP contribution in [-0.2, 0) is 13.1 Å². The molecule has 0 fully saturated rings. The maximum atomic E-state index is 12.6. The van der Waals surface area contributed by atoms with E-state index < -0.39 is 0 Å². The molecule has 3 heterocycles. The van der Waals surface area contributed by atoms with Gasteiger partial charge in [-0.3, -0.25) is 14.5 Å². The van der Waals surface area contributed by atoms with Gasteiger partial charge in [0, 0.05) is 23.7 Å². The number of H-pyrrole nitrogens is 2. The fourth-order valence-electron chi connectivity index (χ4n) is 3.40. The normalized spacial score (nSPS) is 11.7. The average molecular weight is 380 g/mol. The van der Waals surface area contributed by atoms with Crippen LogP contribution in [0.15, 0.2) is 39.2 Å². The van der Waals surface area contributed by atoms with Gasteiger partial charge in [0.2, 0.25) is 0 Å². The molecule has 0 saturated heterocycles. The van der Waals surface area contributed by atoms with Crippen molar-refractivity contribution < 1.29 is 0 Å². The Kier molecular flexibility index (Phi) is 4.41. The molecule has 6 nitrogen and oxygen atoms in total. The van der Waals surface area contributed by atoms with Crippen molar-refractivity contribution in [2.75, 3.05) is 7.05 Å². The molecule has 0 aliphatic heterocycles. The second-order valence-electron chi connectivity index (χ2n) is 6.93. The highest BCUT2D eigenvalue weighted by Gasteiger charge is 2.11. The molecule has 0 radical (unpaired) electrons. The first-order chi connectivity index (χ1) is 12.9. The number of pyridine rings is 1. The molecule has 0 atom stereocenters. The Morgan fingerprint density at radius 1 is 1.07 bits per heavy atom. The van der Waals surface area contributed by atoms with Gasteiger partial charge >= 0.3 is 0 Å². The van der Waals surface area contributed by atoms with Gasteiger partial charge in [0.05, 0.1) is 17.6 Å². The number of aromatic nitrogens is 3. The van der Waals surface area contributed by atoms with E-state index in [0.717, 1.165) is 33.2 Å². The first kappa shape index (κ1) is 17.6. The SMILES string of the molecule is Cc1ccc(C)c2c(=O)cc(CN(C)Cc3nc4ccsc4c(=O)[nH]3)[nH]c12. The largest absolute Gasteiger partial charge is 0.357 e. The van der Waals surface area contributed by atoms with Gasteiger partial charge in [-0.1, -0.05) is 12.1 Å². The monoisotopic (exact) mass is 380 g/mol. The van der Waals surface area contributed by atoms with Gasteiger partial charge in [0.15, 0.2) is 5.43 Å². The van der Waals surface area contributed by atoms with Gasteiger partial charge in [-0.25, -0.2) is 4.98 Å². The second-order valence-corrected chi connectivity index (χ2v) is 7.84. The van der Waals surface area contributed by atoms with E-state index in [1.165, 1.54) is 11.3 Å². The highest BCUT2D eigenvalue weighted by molar-refractivity contribution is 7.17. The molecule has 0 aliphatic rings. The predicted molar refractivity (Wildman–Crippen MR) is 109 cm³/mol. The minimum atomic E-state index is -0.108. The number of aromatic amines is 2. The van der Waals surface area contributed by atoms with Gasteiger partial charge in [-0.15, -0.1) is 11.3 Å². The molecule has 0 unspecified atom stereocenters. The van der Waals surface area contributed by atoms with Crippen molar-refractivity contribution in [1.29, 1.82) is 0 Å². The molecule has 0 amide bonds. The lowest BCUT2D eigenvalue weighted by Gasteiger charge is -2.17. The molecule has 0 spiro atoms. The number of fused-ring (bicyclic) bond motifs is 2. The third-order valence-electron chi connectivity index (χ3n) is 4.68. The Hall–Kier alpha value is -2.77. The molecule has 7 heteroatoms. The molecule has 0 saturated carbocycles. The first-order valence-corrected chi connectivity index (χ1v) is 9.57. The zero-order valence-corrected chi connectivity index (χ0v) is 16.2. The van der Waals surface area contributed by atoms with Gasteiger partial charge in [0.1, 0.15) is 10.5 Å². The van der Waals surface area contributed by atoms with Crippen molar-refractivity contribution in [3.63, 3.8) is 0 Å². The number of nitrogens with zero attached hydrogens (tertiary/aromatic N) is 2. The number of thiophene rings is 1. The van der Waals surface area contributed by atoms with E-state index in [2.05, 4.69) is 15.0 Å². The predicted octanol–water partition coefficient (Wildman–Crippen LogP) is 3.07. The molecule has 27 heavy (non-hydrogen) atoms. The second kappa shape index (κ2) is 6.75. The summed E-state index contributed by atoms with van der Waals surface area (Å²) in [6.45, 7) is 4.97. The quantitative estimate of drug-likeness (QED) is 0.570. The van der Waals surface area contributed by atoms with Crippen LogP contribution < -0.4 is 11.0 Å². The fourth-order valence-corrected chi connectivity index (χ4v) is 4.13. The van der Waals surface area contributed by atoms with E-state index in [9.17, 15) is 9.59 Å². The van der Waals surface area contributed by atoms with Crippen LogP contribution in [0.5, 0.6) is 0 Å². The minimum Gasteiger partial charge on any atom is -0.357 e. The van der Waals surface area contributed by atoms with Crippen LogP contribution in [0, 0.1) is 13.8 Å². The topological polar surface area (TPSA) is 81.8 Å². The summed E-state index contributed by atoms with van der Waals surface area (Å²) in [5, 5.41) is 2.61. The van der Waals surface area contributed by atoms with E-state index >= 15 is 0 Å².